The number of hydrogen-bond donors (Lipinski definition) is 0. The van der Waals surface area contributed by atoms with Crippen molar-refractivity contribution in [3.8, 4) is 28.7 Å². The van der Waals surface area contributed by atoms with Gasteiger partial charge in [0.2, 0.25) is 5.82 Å². The fourth-order valence-electron chi connectivity index (χ4n) is 3.36. The van der Waals surface area contributed by atoms with Gasteiger partial charge in [0, 0.05) is 10.6 Å². The Morgan fingerprint density at radius 2 is 1.97 bits per heavy atom. The summed E-state index contributed by atoms with van der Waals surface area (Å²) in [6.45, 7) is 0.819. The lowest BCUT2D eigenvalue weighted by Gasteiger charge is -2.24. The second-order valence-corrected chi connectivity index (χ2v) is 6.92. The van der Waals surface area contributed by atoms with Gasteiger partial charge in [0.25, 0.3) is 5.89 Å². The van der Waals surface area contributed by atoms with Crippen LogP contribution in [-0.2, 0) is 17.9 Å². The van der Waals surface area contributed by atoms with Crippen LogP contribution in [0.2, 0.25) is 5.02 Å². The third kappa shape index (κ3) is 3.16. The molecule has 1 aliphatic heterocycles. The van der Waals surface area contributed by atoms with Crippen molar-refractivity contribution in [3.63, 3.8) is 0 Å². The summed E-state index contributed by atoms with van der Waals surface area (Å²) in [6, 6.07) is 15.1. The van der Waals surface area contributed by atoms with E-state index in [-0.39, 0.29) is 6.10 Å². The summed E-state index contributed by atoms with van der Waals surface area (Å²) in [5.74, 6) is 1.36. The lowest BCUT2D eigenvalue weighted by atomic mass is 10.1. The average Bonchev–Trinajstić information content (AvgIpc) is 3.40. The predicted octanol–water partition coefficient (Wildman–Crippen LogP) is 3.93. The van der Waals surface area contributed by atoms with E-state index in [9.17, 15) is 0 Å². The van der Waals surface area contributed by atoms with Crippen LogP contribution in [0, 0.1) is 0 Å². The molecule has 0 amide bonds. The highest BCUT2D eigenvalue weighted by molar-refractivity contribution is 6.31. The van der Waals surface area contributed by atoms with Gasteiger partial charge in [-0.25, -0.2) is 4.68 Å². The molecule has 146 valence electrons. The van der Waals surface area contributed by atoms with Crippen molar-refractivity contribution >= 4 is 11.6 Å². The van der Waals surface area contributed by atoms with Crippen LogP contribution in [0.5, 0.6) is 5.75 Å². The fraction of sp³-hybridized carbons (Fsp3) is 0.200. The summed E-state index contributed by atoms with van der Waals surface area (Å²) in [4.78, 5) is 4.48. The standard InChI is InChI=1S/C20H16ClN5O3/c1-27-16-9-5-3-7-13(16)20-22-19(24-29-20)18-15-11-28-17(10-26(15)25-23-18)12-6-2-4-8-14(12)21/h2-9,17H,10-11H2,1H3/t17-/m0/s1. The van der Waals surface area contributed by atoms with Gasteiger partial charge in [-0.1, -0.05) is 52.3 Å². The number of para-hydroxylation sites is 1. The summed E-state index contributed by atoms with van der Waals surface area (Å²) >= 11 is 6.30. The number of ether oxygens (including phenoxy) is 2. The zero-order chi connectivity index (χ0) is 19.8. The topological polar surface area (TPSA) is 88.1 Å². The molecule has 0 bridgehead atoms. The second kappa shape index (κ2) is 7.31. The molecule has 1 aliphatic rings. The summed E-state index contributed by atoms with van der Waals surface area (Å²) in [5.41, 5.74) is 2.97. The van der Waals surface area contributed by atoms with E-state index in [1.54, 1.807) is 11.8 Å². The zero-order valence-corrected chi connectivity index (χ0v) is 16.2. The molecule has 8 nitrogen and oxygen atoms in total. The van der Waals surface area contributed by atoms with Crippen LogP contribution >= 0.6 is 11.6 Å². The molecule has 0 saturated heterocycles. The van der Waals surface area contributed by atoms with E-state index in [2.05, 4.69) is 20.5 Å². The Hall–Kier alpha value is -3.23. The Morgan fingerprint density at radius 1 is 1.14 bits per heavy atom. The Morgan fingerprint density at radius 3 is 2.83 bits per heavy atom. The highest BCUT2D eigenvalue weighted by atomic mass is 35.5. The largest absolute Gasteiger partial charge is 0.496 e. The normalized spacial score (nSPS) is 15.9. The first-order valence-corrected chi connectivity index (χ1v) is 9.38. The van der Waals surface area contributed by atoms with Gasteiger partial charge in [-0.2, -0.15) is 4.98 Å². The highest BCUT2D eigenvalue weighted by Crippen LogP contribution is 2.34. The van der Waals surface area contributed by atoms with Gasteiger partial charge in [-0.05, 0) is 18.2 Å². The second-order valence-electron chi connectivity index (χ2n) is 6.51. The molecule has 2 aromatic carbocycles. The zero-order valence-electron chi connectivity index (χ0n) is 15.4. The molecule has 29 heavy (non-hydrogen) atoms. The Kier molecular flexibility index (Phi) is 4.49. The van der Waals surface area contributed by atoms with Gasteiger partial charge in [0.05, 0.1) is 31.5 Å². The van der Waals surface area contributed by atoms with Crippen molar-refractivity contribution in [2.45, 2.75) is 19.3 Å². The Balaban J connectivity index is 1.44. The SMILES string of the molecule is COc1ccccc1-c1nc(-c2nnn3c2CO[C@H](c2ccccc2Cl)C3)no1. The predicted molar refractivity (Wildman–Crippen MR) is 104 cm³/mol. The van der Waals surface area contributed by atoms with Crippen molar-refractivity contribution < 1.29 is 14.0 Å². The van der Waals surface area contributed by atoms with E-state index in [0.717, 1.165) is 11.3 Å². The van der Waals surface area contributed by atoms with Gasteiger partial charge >= 0.3 is 0 Å². The van der Waals surface area contributed by atoms with Crippen LogP contribution in [0.3, 0.4) is 0 Å². The van der Waals surface area contributed by atoms with E-state index < -0.39 is 0 Å². The molecule has 2 aromatic heterocycles. The smallest absolute Gasteiger partial charge is 0.262 e. The first-order chi connectivity index (χ1) is 14.2. The van der Waals surface area contributed by atoms with E-state index in [1.165, 1.54) is 0 Å². The van der Waals surface area contributed by atoms with Crippen molar-refractivity contribution in [1.29, 1.82) is 0 Å². The molecule has 4 aromatic rings. The van der Waals surface area contributed by atoms with Crippen LogP contribution in [0.1, 0.15) is 17.4 Å². The molecular formula is C20H16ClN5O3. The Labute approximate surface area is 171 Å². The molecule has 0 spiro atoms. The van der Waals surface area contributed by atoms with Crippen molar-refractivity contribution in [2.24, 2.45) is 0 Å². The van der Waals surface area contributed by atoms with E-state index in [1.807, 2.05) is 48.5 Å². The van der Waals surface area contributed by atoms with E-state index in [0.29, 0.717) is 46.9 Å². The molecule has 9 heteroatoms. The van der Waals surface area contributed by atoms with Crippen molar-refractivity contribution in [2.75, 3.05) is 7.11 Å². The Bertz CT molecular complexity index is 1170. The fourth-order valence-corrected chi connectivity index (χ4v) is 3.62. The average molecular weight is 410 g/mol. The molecule has 0 saturated carbocycles. The first-order valence-electron chi connectivity index (χ1n) is 9.00. The lowest BCUT2D eigenvalue weighted by Crippen LogP contribution is -2.22. The monoisotopic (exact) mass is 409 g/mol. The van der Waals surface area contributed by atoms with Crippen LogP contribution in [0.15, 0.2) is 53.1 Å². The van der Waals surface area contributed by atoms with Gasteiger partial charge in [-0.15, -0.1) is 5.10 Å². The summed E-state index contributed by atoms with van der Waals surface area (Å²) in [6.07, 6.45) is -0.194. The molecule has 0 radical (unpaired) electrons. The third-order valence-corrected chi connectivity index (χ3v) is 5.17. The number of methoxy groups -OCH3 is 1. The quantitative estimate of drug-likeness (QED) is 0.504. The van der Waals surface area contributed by atoms with E-state index in [4.69, 9.17) is 25.6 Å². The maximum absolute atomic E-state index is 6.30. The minimum atomic E-state index is -0.194. The first kappa shape index (κ1) is 17.8. The number of benzene rings is 2. The summed E-state index contributed by atoms with van der Waals surface area (Å²) in [7, 11) is 1.60. The minimum absolute atomic E-state index is 0.194. The van der Waals surface area contributed by atoms with E-state index >= 15 is 0 Å². The number of halogens is 1. The van der Waals surface area contributed by atoms with Gasteiger partial charge < -0.3 is 14.0 Å². The van der Waals surface area contributed by atoms with Crippen LogP contribution in [-0.4, -0.2) is 32.2 Å². The number of nitrogens with zero attached hydrogens (tertiary/aromatic N) is 5. The summed E-state index contributed by atoms with van der Waals surface area (Å²) in [5, 5.41) is 13.2. The number of aromatic nitrogens is 5. The van der Waals surface area contributed by atoms with Crippen molar-refractivity contribution in [3.05, 3.63) is 64.8 Å². The maximum atomic E-state index is 6.30. The van der Waals surface area contributed by atoms with Gasteiger partial charge in [-0.3, -0.25) is 0 Å². The molecule has 1 atom stereocenters. The lowest BCUT2D eigenvalue weighted by molar-refractivity contribution is -0.00106. The highest BCUT2D eigenvalue weighted by Gasteiger charge is 2.28. The molecule has 3 heterocycles. The number of hydrogen-bond acceptors (Lipinski definition) is 7. The maximum Gasteiger partial charge on any atom is 0.262 e. The van der Waals surface area contributed by atoms with Gasteiger partial charge in [0.15, 0.2) is 5.69 Å². The molecule has 0 unspecified atom stereocenters. The molecule has 0 aliphatic carbocycles. The molecule has 0 N–H and O–H groups in total. The van der Waals surface area contributed by atoms with Crippen LogP contribution in [0.25, 0.3) is 23.0 Å². The van der Waals surface area contributed by atoms with Crippen molar-refractivity contribution in [1.82, 2.24) is 25.1 Å². The number of fused-ring (bicyclic) bond motifs is 1. The van der Waals surface area contributed by atoms with Gasteiger partial charge in [0.1, 0.15) is 11.9 Å². The minimum Gasteiger partial charge on any atom is -0.496 e. The van der Waals surface area contributed by atoms with Crippen LogP contribution < -0.4 is 4.74 Å². The number of rotatable bonds is 4. The third-order valence-electron chi connectivity index (χ3n) is 4.82. The summed E-state index contributed by atoms with van der Waals surface area (Å²) < 4.78 is 18.6. The molecular weight excluding hydrogens is 394 g/mol. The van der Waals surface area contributed by atoms with Crippen LogP contribution in [0.4, 0.5) is 0 Å². The molecule has 0 fully saturated rings. The molecule has 5 rings (SSSR count).